The van der Waals surface area contributed by atoms with Crippen molar-refractivity contribution in [3.05, 3.63) is 65.8 Å². The van der Waals surface area contributed by atoms with Crippen LogP contribution >= 0.6 is 0 Å². The van der Waals surface area contributed by atoms with E-state index in [1.54, 1.807) is 0 Å². The van der Waals surface area contributed by atoms with E-state index in [1.807, 2.05) is 48.5 Å². The molecule has 35 heavy (non-hydrogen) atoms. The van der Waals surface area contributed by atoms with Crippen LogP contribution in [0.4, 0.5) is 5.69 Å². The first-order chi connectivity index (χ1) is 16.8. The van der Waals surface area contributed by atoms with Gasteiger partial charge < -0.3 is 14.4 Å². The Balaban J connectivity index is 1.39. The zero-order valence-electron chi connectivity index (χ0n) is 20.7. The molecular weight excluding hydrogens is 442 g/mol. The van der Waals surface area contributed by atoms with Gasteiger partial charge in [0.2, 0.25) is 17.6 Å². The highest BCUT2D eigenvalue weighted by Crippen LogP contribution is 2.26. The average Bonchev–Trinajstić information content (AvgIpc) is 3.47. The number of anilines is 1. The van der Waals surface area contributed by atoms with Crippen molar-refractivity contribution in [3.8, 4) is 22.8 Å². The number of nitrogens with one attached hydrogen (secondary N) is 1. The maximum Gasteiger partial charge on any atom is 0.257 e. The number of benzene rings is 2. The molecule has 2 heterocycles. The summed E-state index contributed by atoms with van der Waals surface area (Å²) in [5, 5.41) is 11.0. The van der Waals surface area contributed by atoms with Gasteiger partial charge in [0, 0.05) is 23.2 Å². The minimum atomic E-state index is -0.203. The Kier molecular flexibility index (Phi) is 7.39. The van der Waals surface area contributed by atoms with Crippen LogP contribution in [0.5, 0.6) is 0 Å². The van der Waals surface area contributed by atoms with Crippen molar-refractivity contribution in [1.82, 2.24) is 20.3 Å². The van der Waals surface area contributed by atoms with E-state index in [0.29, 0.717) is 35.4 Å². The molecule has 2 aromatic heterocycles. The van der Waals surface area contributed by atoms with Gasteiger partial charge in [0.1, 0.15) is 0 Å². The van der Waals surface area contributed by atoms with Crippen LogP contribution in [0.25, 0.3) is 22.8 Å². The summed E-state index contributed by atoms with van der Waals surface area (Å²) < 4.78 is 10.8. The van der Waals surface area contributed by atoms with Crippen LogP contribution in [0.15, 0.2) is 57.6 Å². The fourth-order valence-electron chi connectivity index (χ4n) is 3.62. The highest BCUT2D eigenvalue weighted by Gasteiger charge is 2.18. The first-order valence-corrected chi connectivity index (χ1v) is 11.9. The number of carbonyl (C=O) groups excluding carboxylic acids is 1. The van der Waals surface area contributed by atoms with Crippen molar-refractivity contribution in [2.45, 2.75) is 59.8 Å². The van der Waals surface area contributed by atoms with Crippen LogP contribution in [-0.2, 0) is 24.1 Å². The summed E-state index contributed by atoms with van der Waals surface area (Å²) in [7, 11) is 0. The van der Waals surface area contributed by atoms with Crippen molar-refractivity contribution in [3.63, 3.8) is 0 Å². The summed E-state index contributed by atoms with van der Waals surface area (Å²) in [5.41, 5.74) is 3.56. The molecule has 0 unspecified atom stereocenters. The van der Waals surface area contributed by atoms with Gasteiger partial charge in [0.15, 0.2) is 5.82 Å². The van der Waals surface area contributed by atoms with Gasteiger partial charge in [-0.15, -0.1) is 0 Å². The van der Waals surface area contributed by atoms with Crippen molar-refractivity contribution < 1.29 is 13.8 Å². The van der Waals surface area contributed by atoms with E-state index in [-0.39, 0.29) is 17.7 Å². The number of carbonyl (C=O) groups is 1. The van der Waals surface area contributed by atoms with Crippen LogP contribution in [0, 0.1) is 5.41 Å². The molecule has 8 nitrogen and oxygen atoms in total. The predicted molar refractivity (Wildman–Crippen MR) is 134 cm³/mol. The number of hydrogen-bond acceptors (Lipinski definition) is 7. The molecule has 0 fully saturated rings. The lowest BCUT2D eigenvalue weighted by atomic mass is 9.92. The van der Waals surface area contributed by atoms with Gasteiger partial charge in [-0.1, -0.05) is 68.7 Å². The highest BCUT2D eigenvalue weighted by molar-refractivity contribution is 5.91. The van der Waals surface area contributed by atoms with Gasteiger partial charge in [-0.05, 0) is 48.1 Å². The largest absolute Gasteiger partial charge is 0.339 e. The molecule has 0 radical (unpaired) electrons. The minimum absolute atomic E-state index is 0.0157. The summed E-state index contributed by atoms with van der Waals surface area (Å²) in [6.45, 7) is 8.53. The molecule has 0 saturated carbocycles. The normalized spacial score (nSPS) is 11.5. The summed E-state index contributed by atoms with van der Waals surface area (Å²) in [4.78, 5) is 21.4. The van der Waals surface area contributed by atoms with E-state index in [2.05, 4.69) is 53.3 Å². The number of hydrogen-bond donors (Lipinski definition) is 1. The van der Waals surface area contributed by atoms with E-state index in [0.717, 1.165) is 30.5 Å². The summed E-state index contributed by atoms with van der Waals surface area (Å²) in [6.07, 6.45) is 4.06. The molecule has 0 aliphatic carbocycles. The summed E-state index contributed by atoms with van der Waals surface area (Å²) in [5.74, 6) is 1.54. The number of unbranched alkanes of at least 4 members (excludes halogenated alkanes) is 1. The molecule has 0 aliphatic rings. The third kappa shape index (κ3) is 6.85. The van der Waals surface area contributed by atoms with E-state index in [4.69, 9.17) is 9.05 Å². The second kappa shape index (κ2) is 10.6. The van der Waals surface area contributed by atoms with Crippen LogP contribution in [0.3, 0.4) is 0 Å². The van der Waals surface area contributed by atoms with Crippen LogP contribution < -0.4 is 5.32 Å². The standard InChI is InChI=1S/C27H31N5O3/c1-5-6-8-18-11-13-21(14-12-18)28-23(33)16-22-29-26(35-31-22)20-10-7-9-19(15-20)25-30-24(34-32-25)17-27(2,3)4/h7,9-15H,5-6,8,16-17H2,1-4H3,(H,28,33). The molecule has 8 heteroatoms. The third-order valence-corrected chi connectivity index (χ3v) is 5.36. The Bertz CT molecular complexity index is 1270. The Morgan fingerprint density at radius 2 is 1.74 bits per heavy atom. The SMILES string of the molecule is CCCCc1ccc(NC(=O)Cc2noc(-c3cccc(-c4noc(CC(C)(C)C)n4)c3)n2)cc1. The fourth-order valence-corrected chi connectivity index (χ4v) is 3.62. The first-order valence-electron chi connectivity index (χ1n) is 11.9. The molecule has 0 spiro atoms. The Morgan fingerprint density at radius 3 is 2.49 bits per heavy atom. The van der Waals surface area contributed by atoms with Gasteiger partial charge in [0.25, 0.3) is 5.89 Å². The first kappa shape index (κ1) is 24.3. The van der Waals surface area contributed by atoms with E-state index >= 15 is 0 Å². The molecular formula is C27H31N5O3. The zero-order chi connectivity index (χ0) is 24.8. The third-order valence-electron chi connectivity index (χ3n) is 5.36. The van der Waals surface area contributed by atoms with E-state index in [1.165, 1.54) is 5.56 Å². The van der Waals surface area contributed by atoms with Crippen LogP contribution in [-0.4, -0.2) is 26.2 Å². The maximum absolute atomic E-state index is 12.5. The molecule has 2 aromatic carbocycles. The molecule has 4 rings (SSSR count). The van der Waals surface area contributed by atoms with Gasteiger partial charge in [-0.3, -0.25) is 4.79 Å². The molecule has 0 bridgehead atoms. The average molecular weight is 474 g/mol. The molecule has 1 amide bonds. The lowest BCUT2D eigenvalue weighted by molar-refractivity contribution is -0.115. The number of rotatable bonds is 9. The Labute approximate surface area is 205 Å². The van der Waals surface area contributed by atoms with Gasteiger partial charge >= 0.3 is 0 Å². The van der Waals surface area contributed by atoms with Crippen molar-refractivity contribution in [2.75, 3.05) is 5.32 Å². The number of amides is 1. The topological polar surface area (TPSA) is 107 Å². The predicted octanol–water partition coefficient (Wildman–Crippen LogP) is 5.90. The van der Waals surface area contributed by atoms with Gasteiger partial charge in [0.05, 0.1) is 6.42 Å². The van der Waals surface area contributed by atoms with E-state index in [9.17, 15) is 4.79 Å². The molecule has 0 saturated heterocycles. The number of aromatic nitrogens is 4. The molecule has 1 N–H and O–H groups in total. The Hall–Kier alpha value is -3.81. The second-order valence-corrected chi connectivity index (χ2v) is 9.87. The lowest BCUT2D eigenvalue weighted by Gasteiger charge is -2.13. The maximum atomic E-state index is 12.5. The zero-order valence-corrected chi connectivity index (χ0v) is 20.7. The van der Waals surface area contributed by atoms with Crippen molar-refractivity contribution in [1.29, 1.82) is 0 Å². The Morgan fingerprint density at radius 1 is 0.971 bits per heavy atom. The summed E-state index contributed by atoms with van der Waals surface area (Å²) in [6, 6.07) is 15.4. The van der Waals surface area contributed by atoms with Gasteiger partial charge in [-0.25, -0.2) is 0 Å². The fraction of sp³-hybridized carbons (Fsp3) is 0.370. The highest BCUT2D eigenvalue weighted by atomic mass is 16.5. The van der Waals surface area contributed by atoms with Crippen molar-refractivity contribution in [2.24, 2.45) is 5.41 Å². The second-order valence-electron chi connectivity index (χ2n) is 9.87. The number of nitrogens with zero attached hydrogens (tertiary/aromatic N) is 4. The lowest BCUT2D eigenvalue weighted by Crippen LogP contribution is -2.15. The molecule has 0 atom stereocenters. The van der Waals surface area contributed by atoms with Crippen LogP contribution in [0.2, 0.25) is 0 Å². The van der Waals surface area contributed by atoms with E-state index < -0.39 is 0 Å². The molecule has 0 aliphatic heterocycles. The smallest absolute Gasteiger partial charge is 0.257 e. The van der Waals surface area contributed by atoms with Gasteiger partial charge in [-0.2, -0.15) is 9.97 Å². The molecule has 182 valence electrons. The van der Waals surface area contributed by atoms with Crippen LogP contribution in [0.1, 0.15) is 57.8 Å². The number of aryl methyl sites for hydroxylation is 1. The monoisotopic (exact) mass is 473 g/mol. The van der Waals surface area contributed by atoms with Crippen molar-refractivity contribution >= 4 is 11.6 Å². The molecule has 4 aromatic rings. The minimum Gasteiger partial charge on any atom is -0.339 e. The quantitative estimate of drug-likeness (QED) is 0.322. The summed E-state index contributed by atoms with van der Waals surface area (Å²) >= 11 is 0.